The van der Waals surface area contributed by atoms with Gasteiger partial charge in [0.1, 0.15) is 11.6 Å². The number of hydrogen-bond donors (Lipinski definition) is 2. The van der Waals surface area contributed by atoms with Gasteiger partial charge in [-0.05, 0) is 51.8 Å². The molecule has 0 saturated carbocycles. The molecule has 0 bridgehead atoms. The van der Waals surface area contributed by atoms with Gasteiger partial charge in [0, 0.05) is 0 Å². The fourth-order valence-corrected chi connectivity index (χ4v) is 2.90. The number of halogens is 3. The number of nitrogens with one attached hydrogen (secondary N) is 1. The second-order valence-corrected chi connectivity index (χ2v) is 6.44. The van der Waals surface area contributed by atoms with E-state index in [0.717, 1.165) is 0 Å². The van der Waals surface area contributed by atoms with Crippen LogP contribution in [0.25, 0.3) is 6.08 Å². The normalized spacial score (nSPS) is 10.9. The number of methoxy groups -OCH3 is 1. The molecule has 0 heterocycles. The highest BCUT2D eigenvalue weighted by Crippen LogP contribution is 2.36. The minimum atomic E-state index is -0.666. The third-order valence-electron chi connectivity index (χ3n) is 3.15. The highest BCUT2D eigenvalue weighted by atomic mass is 79.9. The van der Waals surface area contributed by atoms with Crippen LogP contribution in [0.15, 0.2) is 40.4 Å². The summed E-state index contributed by atoms with van der Waals surface area (Å²) in [5, 5.41) is 22.1. The fraction of sp³-hybridized carbons (Fsp3) is 0.0588. The number of aromatic hydroxyl groups is 1. The standard InChI is InChI=1S/C17H11BrCl2N2O3/c1-25-14-7-9(6-11(18)16(14)23)5-10(8-21)17(24)22-15-12(19)3-2-4-13(15)20/h2-7,23H,1H3,(H,22,24)/b10-5+. The van der Waals surface area contributed by atoms with Crippen LogP contribution in [0, 0.1) is 11.3 Å². The maximum absolute atomic E-state index is 12.3. The van der Waals surface area contributed by atoms with E-state index in [-0.39, 0.29) is 32.8 Å². The van der Waals surface area contributed by atoms with Gasteiger partial charge in [-0.15, -0.1) is 0 Å². The van der Waals surface area contributed by atoms with Crippen LogP contribution >= 0.6 is 39.1 Å². The molecule has 2 aromatic rings. The maximum atomic E-state index is 12.3. The molecule has 128 valence electrons. The average Bonchev–Trinajstić information content (AvgIpc) is 2.58. The van der Waals surface area contributed by atoms with E-state index in [4.69, 9.17) is 27.9 Å². The molecule has 25 heavy (non-hydrogen) atoms. The number of para-hydroxylation sites is 1. The van der Waals surface area contributed by atoms with E-state index in [9.17, 15) is 15.2 Å². The Morgan fingerprint density at radius 2 is 2.00 bits per heavy atom. The minimum absolute atomic E-state index is 0.0783. The molecule has 0 spiro atoms. The van der Waals surface area contributed by atoms with Crippen molar-refractivity contribution in [2.24, 2.45) is 0 Å². The maximum Gasteiger partial charge on any atom is 0.266 e. The van der Waals surface area contributed by atoms with Crippen LogP contribution in [0.5, 0.6) is 11.5 Å². The van der Waals surface area contributed by atoms with E-state index in [2.05, 4.69) is 21.2 Å². The number of carbonyl (C=O) groups excluding carboxylic acids is 1. The molecule has 0 atom stereocenters. The summed E-state index contributed by atoms with van der Waals surface area (Å²) in [6.45, 7) is 0. The molecule has 2 rings (SSSR count). The zero-order valence-corrected chi connectivity index (χ0v) is 15.9. The molecule has 2 aromatic carbocycles. The van der Waals surface area contributed by atoms with Crippen molar-refractivity contribution < 1.29 is 14.6 Å². The highest BCUT2D eigenvalue weighted by Gasteiger charge is 2.15. The van der Waals surface area contributed by atoms with E-state index in [1.54, 1.807) is 24.3 Å². The van der Waals surface area contributed by atoms with Crippen LogP contribution in [0.3, 0.4) is 0 Å². The molecule has 8 heteroatoms. The van der Waals surface area contributed by atoms with Gasteiger partial charge in [0.2, 0.25) is 0 Å². The summed E-state index contributed by atoms with van der Waals surface area (Å²) in [5.41, 5.74) is 0.538. The van der Waals surface area contributed by atoms with Crippen LogP contribution < -0.4 is 10.1 Å². The molecule has 0 saturated heterocycles. The highest BCUT2D eigenvalue weighted by molar-refractivity contribution is 9.10. The SMILES string of the molecule is COc1cc(/C=C(\C#N)C(=O)Nc2c(Cl)cccc2Cl)cc(Br)c1O. The third-order valence-corrected chi connectivity index (χ3v) is 4.38. The molecule has 1 amide bonds. The smallest absolute Gasteiger partial charge is 0.266 e. The summed E-state index contributed by atoms with van der Waals surface area (Å²) in [6, 6.07) is 9.65. The molecule has 0 fully saturated rings. The van der Waals surface area contributed by atoms with Crippen molar-refractivity contribution in [3.8, 4) is 17.6 Å². The van der Waals surface area contributed by atoms with Crippen LogP contribution in [0.4, 0.5) is 5.69 Å². The van der Waals surface area contributed by atoms with Gasteiger partial charge in [-0.1, -0.05) is 29.3 Å². The number of phenols is 1. The van der Waals surface area contributed by atoms with E-state index >= 15 is 0 Å². The number of phenolic OH excluding ortho intramolecular Hbond substituents is 1. The number of hydrogen-bond acceptors (Lipinski definition) is 4. The van der Waals surface area contributed by atoms with Gasteiger partial charge in [0.15, 0.2) is 11.5 Å². The molecular weight excluding hydrogens is 431 g/mol. The van der Waals surface area contributed by atoms with Gasteiger partial charge < -0.3 is 15.2 Å². The van der Waals surface area contributed by atoms with E-state index < -0.39 is 5.91 Å². The summed E-state index contributed by atoms with van der Waals surface area (Å²) in [7, 11) is 1.40. The lowest BCUT2D eigenvalue weighted by atomic mass is 10.1. The second kappa shape index (κ2) is 8.26. The Balaban J connectivity index is 2.36. The van der Waals surface area contributed by atoms with Crippen molar-refractivity contribution >= 4 is 56.8 Å². The lowest BCUT2D eigenvalue weighted by Crippen LogP contribution is -2.14. The van der Waals surface area contributed by atoms with Gasteiger partial charge in [-0.25, -0.2) is 0 Å². The first-order valence-corrected chi connectivity index (χ1v) is 8.36. The zero-order valence-electron chi connectivity index (χ0n) is 12.8. The monoisotopic (exact) mass is 440 g/mol. The van der Waals surface area contributed by atoms with Crippen molar-refractivity contribution in [1.29, 1.82) is 5.26 Å². The van der Waals surface area contributed by atoms with Crippen molar-refractivity contribution in [3.63, 3.8) is 0 Å². The first-order valence-electron chi connectivity index (χ1n) is 6.81. The average molecular weight is 442 g/mol. The molecular formula is C17H11BrCl2N2O3. The lowest BCUT2D eigenvalue weighted by molar-refractivity contribution is -0.112. The van der Waals surface area contributed by atoms with Gasteiger partial charge in [0.05, 0.1) is 27.3 Å². The summed E-state index contributed by atoms with van der Waals surface area (Å²) < 4.78 is 5.41. The summed E-state index contributed by atoms with van der Waals surface area (Å²) in [6.07, 6.45) is 1.35. The number of rotatable bonds is 4. The molecule has 0 aliphatic rings. The zero-order chi connectivity index (χ0) is 18.6. The summed E-state index contributed by atoms with van der Waals surface area (Å²) >= 11 is 15.2. The Bertz CT molecular complexity index is 887. The van der Waals surface area contributed by atoms with E-state index in [0.29, 0.717) is 10.0 Å². The first-order chi connectivity index (χ1) is 11.9. The molecule has 2 N–H and O–H groups in total. The number of benzene rings is 2. The van der Waals surface area contributed by atoms with Gasteiger partial charge in [0.25, 0.3) is 5.91 Å². The molecule has 5 nitrogen and oxygen atoms in total. The van der Waals surface area contributed by atoms with Gasteiger partial charge >= 0.3 is 0 Å². The Kier molecular flexibility index (Phi) is 6.32. The topological polar surface area (TPSA) is 82.3 Å². The summed E-state index contributed by atoms with van der Waals surface area (Å²) in [5.74, 6) is -0.543. The van der Waals surface area contributed by atoms with Crippen molar-refractivity contribution in [2.75, 3.05) is 12.4 Å². The number of carbonyl (C=O) groups is 1. The first kappa shape index (κ1) is 19.1. The second-order valence-electron chi connectivity index (χ2n) is 4.77. The number of anilines is 1. The van der Waals surface area contributed by atoms with Gasteiger partial charge in [-0.2, -0.15) is 5.26 Å². The predicted octanol–water partition coefficient (Wildman–Crippen LogP) is 5.02. The Morgan fingerprint density at radius 1 is 1.36 bits per heavy atom. The van der Waals surface area contributed by atoms with E-state index in [1.165, 1.54) is 19.3 Å². The Morgan fingerprint density at radius 3 is 2.56 bits per heavy atom. The predicted molar refractivity (Wildman–Crippen MR) is 101 cm³/mol. The minimum Gasteiger partial charge on any atom is -0.503 e. The van der Waals surface area contributed by atoms with Crippen molar-refractivity contribution in [3.05, 3.63) is 56.0 Å². The lowest BCUT2D eigenvalue weighted by Gasteiger charge is -2.09. The number of nitrogens with zero attached hydrogens (tertiary/aromatic N) is 1. The Labute approximate surface area is 162 Å². The molecule has 0 aliphatic carbocycles. The number of amides is 1. The molecule has 0 aliphatic heterocycles. The quantitative estimate of drug-likeness (QED) is 0.515. The van der Waals surface area contributed by atoms with Gasteiger partial charge in [-0.3, -0.25) is 4.79 Å². The van der Waals surface area contributed by atoms with E-state index in [1.807, 2.05) is 6.07 Å². The van der Waals surface area contributed by atoms with Crippen LogP contribution in [0.1, 0.15) is 5.56 Å². The fourth-order valence-electron chi connectivity index (χ4n) is 1.95. The number of nitriles is 1. The molecule has 0 unspecified atom stereocenters. The van der Waals surface area contributed by atoms with Crippen molar-refractivity contribution in [2.45, 2.75) is 0 Å². The largest absolute Gasteiger partial charge is 0.503 e. The van der Waals surface area contributed by atoms with Crippen molar-refractivity contribution in [1.82, 2.24) is 0 Å². The molecule has 0 radical (unpaired) electrons. The third kappa shape index (κ3) is 4.45. The summed E-state index contributed by atoms with van der Waals surface area (Å²) in [4.78, 5) is 12.3. The van der Waals surface area contributed by atoms with Crippen LogP contribution in [-0.2, 0) is 4.79 Å². The van der Waals surface area contributed by atoms with Crippen LogP contribution in [-0.4, -0.2) is 18.1 Å². The number of ether oxygens (including phenoxy) is 1. The Hall–Kier alpha value is -2.20. The molecule has 0 aromatic heterocycles. The van der Waals surface area contributed by atoms with Crippen LogP contribution in [0.2, 0.25) is 10.0 Å².